The second-order valence-corrected chi connectivity index (χ2v) is 8.32. The van der Waals surface area contributed by atoms with Crippen LogP contribution in [0.1, 0.15) is 22.6 Å². The summed E-state index contributed by atoms with van der Waals surface area (Å²) in [5, 5.41) is 6.77. The highest BCUT2D eigenvalue weighted by Gasteiger charge is 2.34. The molecule has 34 heavy (non-hydrogen) atoms. The van der Waals surface area contributed by atoms with E-state index in [1.165, 1.54) is 12.1 Å². The maximum atomic E-state index is 13.5. The Hall–Kier alpha value is -4.58. The van der Waals surface area contributed by atoms with Gasteiger partial charge in [0.25, 0.3) is 0 Å². The zero-order valence-corrected chi connectivity index (χ0v) is 17.9. The normalized spacial score (nSPS) is 14.6. The highest BCUT2D eigenvalue weighted by molar-refractivity contribution is 5.91. The zero-order valence-electron chi connectivity index (χ0n) is 17.9. The Kier molecular flexibility index (Phi) is 4.02. The number of nitrogens with zero attached hydrogens (tertiary/aromatic N) is 4. The second-order valence-electron chi connectivity index (χ2n) is 8.32. The van der Waals surface area contributed by atoms with Gasteiger partial charge in [0.1, 0.15) is 17.9 Å². The molecule has 2 aromatic heterocycles. The first-order valence-electron chi connectivity index (χ1n) is 11.0. The average molecular weight is 444 g/mol. The van der Waals surface area contributed by atoms with Gasteiger partial charge in [-0.1, -0.05) is 66.7 Å². The molecule has 7 rings (SSSR count). The Balaban J connectivity index is 1.51. The number of aromatic nitrogens is 4. The highest BCUT2D eigenvalue weighted by Crippen LogP contribution is 2.50. The summed E-state index contributed by atoms with van der Waals surface area (Å²) in [4.78, 5) is 9.47. The van der Waals surface area contributed by atoms with Crippen molar-refractivity contribution in [1.29, 1.82) is 0 Å². The molecule has 1 aliphatic heterocycles. The zero-order chi connectivity index (χ0) is 22.6. The van der Waals surface area contributed by atoms with E-state index in [9.17, 15) is 4.39 Å². The van der Waals surface area contributed by atoms with E-state index in [1.807, 2.05) is 30.3 Å². The van der Waals surface area contributed by atoms with Gasteiger partial charge < -0.3 is 4.74 Å². The minimum atomic E-state index is -0.298. The molecular formula is C28H17FN4O. The van der Waals surface area contributed by atoms with Crippen LogP contribution in [0.25, 0.3) is 27.8 Å². The number of halogens is 1. The summed E-state index contributed by atoms with van der Waals surface area (Å²) in [5.74, 6) is 1.41. The van der Waals surface area contributed by atoms with Crippen molar-refractivity contribution in [3.63, 3.8) is 0 Å². The average Bonchev–Trinajstić information content (AvgIpc) is 3.33. The summed E-state index contributed by atoms with van der Waals surface area (Å²) in [6.45, 7) is 0. The predicted octanol–water partition coefficient (Wildman–Crippen LogP) is 6.37. The third-order valence-corrected chi connectivity index (χ3v) is 6.33. The maximum Gasteiger partial charge on any atom is 0.228 e. The summed E-state index contributed by atoms with van der Waals surface area (Å²) in [6.07, 6.45) is 1.62. The predicted molar refractivity (Wildman–Crippen MR) is 128 cm³/mol. The lowest BCUT2D eigenvalue weighted by atomic mass is 9.83. The smallest absolute Gasteiger partial charge is 0.228 e. The van der Waals surface area contributed by atoms with Gasteiger partial charge in [-0.05, 0) is 35.2 Å². The third-order valence-electron chi connectivity index (χ3n) is 6.33. The van der Waals surface area contributed by atoms with E-state index in [1.54, 1.807) is 23.0 Å². The summed E-state index contributed by atoms with van der Waals surface area (Å²) in [6, 6.07) is 28.9. The van der Waals surface area contributed by atoms with Crippen LogP contribution in [0.3, 0.4) is 0 Å². The van der Waals surface area contributed by atoms with Crippen molar-refractivity contribution in [1.82, 2.24) is 19.6 Å². The van der Waals surface area contributed by atoms with Crippen molar-refractivity contribution < 1.29 is 9.13 Å². The van der Waals surface area contributed by atoms with Gasteiger partial charge in [-0.15, -0.1) is 5.10 Å². The van der Waals surface area contributed by atoms with Crippen molar-refractivity contribution >= 4 is 16.4 Å². The SMILES string of the molecule is Fc1ccc(-c2nc3c4c(ncn3n2)Oc2c(ccc3ccccc23)[C@@H]4c2ccccc2)cc1. The highest BCUT2D eigenvalue weighted by atomic mass is 19.1. The van der Waals surface area contributed by atoms with Gasteiger partial charge >= 0.3 is 0 Å². The summed E-state index contributed by atoms with van der Waals surface area (Å²) >= 11 is 0. The van der Waals surface area contributed by atoms with Gasteiger partial charge in [0.15, 0.2) is 11.5 Å². The molecule has 0 spiro atoms. The second kappa shape index (κ2) is 7.22. The van der Waals surface area contributed by atoms with Crippen LogP contribution in [0.15, 0.2) is 97.3 Å². The molecule has 3 heterocycles. The first-order chi connectivity index (χ1) is 16.8. The van der Waals surface area contributed by atoms with E-state index >= 15 is 0 Å². The first kappa shape index (κ1) is 18.9. The fourth-order valence-corrected chi connectivity index (χ4v) is 4.76. The molecule has 0 saturated heterocycles. The molecule has 0 saturated carbocycles. The molecule has 0 radical (unpaired) electrons. The minimum absolute atomic E-state index is 0.133. The van der Waals surface area contributed by atoms with E-state index < -0.39 is 0 Å². The fourth-order valence-electron chi connectivity index (χ4n) is 4.76. The summed E-state index contributed by atoms with van der Waals surface area (Å²) in [5.41, 5.74) is 4.43. The molecule has 0 N–H and O–H groups in total. The van der Waals surface area contributed by atoms with Gasteiger partial charge in [-0.2, -0.15) is 0 Å². The first-order valence-corrected chi connectivity index (χ1v) is 11.0. The van der Waals surface area contributed by atoms with E-state index in [-0.39, 0.29) is 11.7 Å². The van der Waals surface area contributed by atoms with Crippen LogP contribution in [0.2, 0.25) is 0 Å². The molecule has 4 aromatic carbocycles. The van der Waals surface area contributed by atoms with Crippen LogP contribution in [0.5, 0.6) is 11.6 Å². The molecule has 0 amide bonds. The lowest BCUT2D eigenvalue weighted by molar-refractivity contribution is 0.437. The molecule has 0 fully saturated rings. The maximum absolute atomic E-state index is 13.5. The van der Waals surface area contributed by atoms with Crippen LogP contribution in [0.4, 0.5) is 4.39 Å². The molecule has 6 aromatic rings. The minimum Gasteiger partial charge on any atom is -0.438 e. The van der Waals surface area contributed by atoms with Gasteiger partial charge in [-0.25, -0.2) is 18.9 Å². The number of benzene rings is 4. The molecule has 1 atom stereocenters. The molecule has 162 valence electrons. The van der Waals surface area contributed by atoms with Crippen molar-refractivity contribution in [3.8, 4) is 23.0 Å². The van der Waals surface area contributed by atoms with Gasteiger partial charge in [0.05, 0.1) is 5.56 Å². The van der Waals surface area contributed by atoms with E-state index in [0.717, 1.165) is 38.8 Å². The molecule has 0 aliphatic carbocycles. The van der Waals surface area contributed by atoms with Crippen LogP contribution in [0, 0.1) is 5.82 Å². The van der Waals surface area contributed by atoms with Gasteiger partial charge in [0, 0.05) is 22.4 Å². The molecule has 0 bridgehead atoms. The molecular weight excluding hydrogens is 427 g/mol. The Morgan fingerprint density at radius 3 is 2.47 bits per heavy atom. The third kappa shape index (κ3) is 2.82. The van der Waals surface area contributed by atoms with Crippen molar-refractivity contribution in [2.45, 2.75) is 5.92 Å². The van der Waals surface area contributed by atoms with E-state index in [4.69, 9.17) is 9.72 Å². The molecule has 0 unspecified atom stereocenters. The quantitative estimate of drug-likeness (QED) is 0.311. The topological polar surface area (TPSA) is 52.3 Å². The number of ether oxygens (including phenoxy) is 1. The number of hydrogen-bond donors (Lipinski definition) is 0. The number of fused-ring (bicyclic) bond motifs is 6. The van der Waals surface area contributed by atoms with Crippen LogP contribution < -0.4 is 4.74 Å². The molecule has 5 nitrogen and oxygen atoms in total. The van der Waals surface area contributed by atoms with E-state index in [2.05, 4.69) is 46.5 Å². The lowest BCUT2D eigenvalue weighted by Crippen LogP contribution is -2.15. The van der Waals surface area contributed by atoms with E-state index in [0.29, 0.717) is 17.4 Å². The standard InChI is InChI=1S/C28H17FN4O/c29-20-13-10-19(11-14-20)26-31-27-24-23(18-7-2-1-3-8-18)22-15-12-17-6-4-5-9-21(17)25(22)34-28(24)30-16-33(27)32-26/h1-16,23H/t23-/m0/s1. The fraction of sp³-hybridized carbons (Fsp3) is 0.0357. The Bertz CT molecular complexity index is 1690. The lowest BCUT2D eigenvalue weighted by Gasteiger charge is -2.28. The van der Waals surface area contributed by atoms with Crippen LogP contribution in [-0.2, 0) is 0 Å². The number of hydrogen-bond acceptors (Lipinski definition) is 4. The molecule has 1 aliphatic rings. The van der Waals surface area contributed by atoms with Crippen molar-refractivity contribution in [3.05, 3.63) is 120 Å². The van der Waals surface area contributed by atoms with Crippen molar-refractivity contribution in [2.24, 2.45) is 0 Å². The van der Waals surface area contributed by atoms with Crippen LogP contribution >= 0.6 is 0 Å². The molecule has 6 heteroatoms. The van der Waals surface area contributed by atoms with Gasteiger partial charge in [0.2, 0.25) is 5.88 Å². The van der Waals surface area contributed by atoms with Crippen molar-refractivity contribution in [2.75, 3.05) is 0 Å². The Labute approximate surface area is 194 Å². The number of rotatable bonds is 2. The Morgan fingerprint density at radius 1 is 0.824 bits per heavy atom. The monoisotopic (exact) mass is 444 g/mol. The van der Waals surface area contributed by atoms with Gasteiger partial charge in [-0.3, -0.25) is 0 Å². The Morgan fingerprint density at radius 2 is 1.62 bits per heavy atom. The van der Waals surface area contributed by atoms with Crippen LogP contribution in [-0.4, -0.2) is 19.6 Å². The summed E-state index contributed by atoms with van der Waals surface area (Å²) in [7, 11) is 0. The largest absolute Gasteiger partial charge is 0.438 e. The summed E-state index contributed by atoms with van der Waals surface area (Å²) < 4.78 is 21.6.